The molecule has 21 heavy (non-hydrogen) atoms. The quantitative estimate of drug-likeness (QED) is 0.641. The second-order valence-electron chi connectivity index (χ2n) is 4.90. The molecule has 2 aromatic rings. The number of nitrogens with two attached hydrogens (primary N) is 1. The molecule has 1 unspecified atom stereocenters. The second kappa shape index (κ2) is 7.06. The molecule has 2 rings (SSSR count). The maximum Gasteiger partial charge on any atom is 0.127 e. The second-order valence-corrected chi connectivity index (χ2v) is 5.82. The fourth-order valence-electron chi connectivity index (χ4n) is 2.28. The third-order valence-corrected chi connectivity index (χ3v) is 3.87. The molecule has 0 saturated heterocycles. The Kier molecular flexibility index (Phi) is 5.39. The minimum absolute atomic E-state index is 0.204. The number of hydrogen-bond donors (Lipinski definition) is 2. The average Bonchev–Trinajstić information content (AvgIpc) is 2.46. The van der Waals surface area contributed by atoms with Crippen LogP contribution in [0.2, 0.25) is 0 Å². The standard InChI is InChI=1S/C15H18BrFN4/c1-3-14-12(6-9(2)20-21-14)15(19-18)7-10-4-5-11(16)8-13(10)17/h4-6,8,15,19H,3,7,18H2,1-2H3. The van der Waals surface area contributed by atoms with E-state index in [1.165, 1.54) is 6.07 Å². The van der Waals surface area contributed by atoms with Crippen LogP contribution in [0.25, 0.3) is 0 Å². The summed E-state index contributed by atoms with van der Waals surface area (Å²) in [4.78, 5) is 0. The van der Waals surface area contributed by atoms with E-state index in [1.54, 1.807) is 6.07 Å². The van der Waals surface area contributed by atoms with E-state index < -0.39 is 0 Å². The normalized spacial score (nSPS) is 12.4. The van der Waals surface area contributed by atoms with Crippen LogP contribution in [0, 0.1) is 12.7 Å². The number of nitrogens with zero attached hydrogens (tertiary/aromatic N) is 2. The zero-order valence-corrected chi connectivity index (χ0v) is 13.6. The predicted octanol–water partition coefficient (Wildman–Crippen LogP) is 3.00. The lowest BCUT2D eigenvalue weighted by Crippen LogP contribution is -2.31. The van der Waals surface area contributed by atoms with Gasteiger partial charge in [0.2, 0.25) is 0 Å². The molecule has 0 bridgehead atoms. The summed E-state index contributed by atoms with van der Waals surface area (Å²) in [6.45, 7) is 3.89. The van der Waals surface area contributed by atoms with Crippen molar-refractivity contribution < 1.29 is 4.39 Å². The Hall–Kier alpha value is -1.37. The van der Waals surface area contributed by atoms with Crippen molar-refractivity contribution in [3.63, 3.8) is 0 Å². The zero-order valence-electron chi connectivity index (χ0n) is 12.0. The number of rotatable bonds is 5. The lowest BCUT2D eigenvalue weighted by molar-refractivity contribution is 0.521. The Bertz CT molecular complexity index is 633. The fourth-order valence-corrected chi connectivity index (χ4v) is 2.61. The fraction of sp³-hybridized carbons (Fsp3) is 0.333. The Morgan fingerprint density at radius 2 is 2.10 bits per heavy atom. The minimum Gasteiger partial charge on any atom is -0.271 e. The molecule has 0 radical (unpaired) electrons. The summed E-state index contributed by atoms with van der Waals surface area (Å²) < 4.78 is 14.7. The highest BCUT2D eigenvalue weighted by Crippen LogP contribution is 2.24. The molecule has 0 aliphatic heterocycles. The molecule has 4 nitrogen and oxygen atoms in total. The van der Waals surface area contributed by atoms with Crippen LogP contribution in [0.5, 0.6) is 0 Å². The van der Waals surface area contributed by atoms with E-state index in [0.717, 1.165) is 27.8 Å². The lowest BCUT2D eigenvalue weighted by Gasteiger charge is -2.19. The Labute approximate surface area is 132 Å². The van der Waals surface area contributed by atoms with Crippen molar-refractivity contribution in [3.05, 3.63) is 57.1 Å². The van der Waals surface area contributed by atoms with Gasteiger partial charge in [-0.15, -0.1) is 0 Å². The molecule has 0 spiro atoms. The molecular formula is C15H18BrFN4. The topological polar surface area (TPSA) is 63.8 Å². The van der Waals surface area contributed by atoms with Crippen LogP contribution in [-0.4, -0.2) is 10.2 Å². The summed E-state index contributed by atoms with van der Waals surface area (Å²) in [6.07, 6.45) is 1.21. The minimum atomic E-state index is -0.249. The van der Waals surface area contributed by atoms with Gasteiger partial charge in [-0.2, -0.15) is 10.2 Å². The summed E-state index contributed by atoms with van der Waals surface area (Å²) in [5, 5.41) is 8.26. The van der Waals surface area contributed by atoms with Crippen molar-refractivity contribution in [1.29, 1.82) is 0 Å². The molecule has 1 aromatic heterocycles. The molecule has 0 saturated carbocycles. The summed E-state index contributed by atoms with van der Waals surface area (Å²) >= 11 is 3.26. The molecule has 0 aliphatic carbocycles. The smallest absolute Gasteiger partial charge is 0.127 e. The van der Waals surface area contributed by atoms with Gasteiger partial charge in [0.1, 0.15) is 5.82 Å². The van der Waals surface area contributed by atoms with Gasteiger partial charge < -0.3 is 0 Å². The van der Waals surface area contributed by atoms with E-state index in [2.05, 4.69) is 31.6 Å². The van der Waals surface area contributed by atoms with E-state index >= 15 is 0 Å². The maximum atomic E-state index is 14.0. The van der Waals surface area contributed by atoms with Crippen LogP contribution in [-0.2, 0) is 12.8 Å². The molecule has 1 aromatic carbocycles. The van der Waals surface area contributed by atoms with Gasteiger partial charge in [0.15, 0.2) is 0 Å². The summed E-state index contributed by atoms with van der Waals surface area (Å²) in [6, 6.07) is 6.79. The van der Waals surface area contributed by atoms with Gasteiger partial charge >= 0.3 is 0 Å². The number of hydrazine groups is 1. The highest BCUT2D eigenvalue weighted by atomic mass is 79.9. The average molecular weight is 353 g/mol. The molecule has 3 N–H and O–H groups in total. The van der Waals surface area contributed by atoms with Crippen LogP contribution >= 0.6 is 15.9 Å². The van der Waals surface area contributed by atoms with Crippen LogP contribution in [0.4, 0.5) is 4.39 Å². The van der Waals surface area contributed by atoms with Crippen LogP contribution in [0.1, 0.15) is 35.5 Å². The van der Waals surface area contributed by atoms with Crippen LogP contribution < -0.4 is 11.3 Å². The van der Waals surface area contributed by atoms with E-state index in [-0.39, 0.29) is 11.9 Å². The number of hydrogen-bond acceptors (Lipinski definition) is 4. The molecule has 112 valence electrons. The number of aromatic nitrogens is 2. The van der Waals surface area contributed by atoms with Gasteiger partial charge in [0.05, 0.1) is 17.4 Å². The Morgan fingerprint density at radius 3 is 2.71 bits per heavy atom. The van der Waals surface area contributed by atoms with Gasteiger partial charge in [0, 0.05) is 4.47 Å². The number of nitrogens with one attached hydrogen (secondary N) is 1. The highest BCUT2D eigenvalue weighted by Gasteiger charge is 2.17. The van der Waals surface area contributed by atoms with Crippen molar-refractivity contribution in [2.24, 2.45) is 5.84 Å². The number of halogens is 2. The van der Waals surface area contributed by atoms with Gasteiger partial charge in [0.25, 0.3) is 0 Å². The molecule has 6 heteroatoms. The first-order chi connectivity index (χ1) is 10.0. The van der Waals surface area contributed by atoms with E-state index in [0.29, 0.717) is 12.0 Å². The van der Waals surface area contributed by atoms with Crippen molar-refractivity contribution in [2.75, 3.05) is 0 Å². The SMILES string of the molecule is CCc1nnc(C)cc1C(Cc1ccc(Br)cc1F)NN. The molecule has 1 heterocycles. The zero-order chi connectivity index (χ0) is 15.4. The largest absolute Gasteiger partial charge is 0.271 e. The van der Waals surface area contributed by atoms with E-state index in [4.69, 9.17) is 5.84 Å². The maximum absolute atomic E-state index is 14.0. The van der Waals surface area contributed by atoms with Gasteiger partial charge in [-0.05, 0) is 49.1 Å². The first kappa shape index (κ1) is 16.0. The molecular weight excluding hydrogens is 335 g/mol. The lowest BCUT2D eigenvalue weighted by atomic mass is 9.97. The van der Waals surface area contributed by atoms with Gasteiger partial charge in [-0.25, -0.2) is 4.39 Å². The van der Waals surface area contributed by atoms with Gasteiger partial charge in [-0.3, -0.25) is 11.3 Å². The Morgan fingerprint density at radius 1 is 1.33 bits per heavy atom. The van der Waals surface area contributed by atoms with Crippen molar-refractivity contribution >= 4 is 15.9 Å². The number of benzene rings is 1. The predicted molar refractivity (Wildman–Crippen MR) is 84.0 cm³/mol. The molecule has 0 aliphatic rings. The Balaban J connectivity index is 2.34. The third-order valence-electron chi connectivity index (χ3n) is 3.38. The summed E-state index contributed by atoms with van der Waals surface area (Å²) in [5.74, 6) is 5.43. The van der Waals surface area contributed by atoms with Crippen LogP contribution in [0.15, 0.2) is 28.7 Å². The van der Waals surface area contributed by atoms with Crippen molar-refractivity contribution in [2.45, 2.75) is 32.7 Å². The first-order valence-electron chi connectivity index (χ1n) is 6.78. The van der Waals surface area contributed by atoms with Crippen molar-refractivity contribution in [1.82, 2.24) is 15.6 Å². The summed E-state index contributed by atoms with van der Waals surface area (Å²) in [5.41, 5.74) is 6.04. The summed E-state index contributed by atoms with van der Waals surface area (Å²) in [7, 11) is 0. The molecule has 0 amide bonds. The highest BCUT2D eigenvalue weighted by molar-refractivity contribution is 9.10. The first-order valence-corrected chi connectivity index (χ1v) is 7.57. The van der Waals surface area contributed by atoms with E-state index in [1.807, 2.05) is 26.0 Å². The monoisotopic (exact) mass is 352 g/mol. The van der Waals surface area contributed by atoms with Crippen molar-refractivity contribution in [3.8, 4) is 0 Å². The van der Waals surface area contributed by atoms with Gasteiger partial charge in [-0.1, -0.05) is 28.9 Å². The van der Waals surface area contributed by atoms with E-state index in [9.17, 15) is 4.39 Å². The third kappa shape index (κ3) is 3.84. The number of aryl methyl sites for hydroxylation is 2. The molecule has 0 fully saturated rings. The molecule has 1 atom stereocenters. The van der Waals surface area contributed by atoms with Crippen LogP contribution in [0.3, 0.4) is 0 Å².